The van der Waals surface area contributed by atoms with Crippen LogP contribution < -0.4 is 10.5 Å². The predicted octanol–water partition coefficient (Wildman–Crippen LogP) is 3.50. The summed E-state index contributed by atoms with van der Waals surface area (Å²) in [5.74, 6) is -1.62. The average Bonchev–Trinajstić information content (AvgIpc) is 2.21. The zero-order chi connectivity index (χ0) is 12.4. The van der Waals surface area contributed by atoms with Crippen LogP contribution in [0.25, 0.3) is 0 Å². The SMILES string of the molecule is Nc1cc(Br)cc(Oc2ncc(F)cc2F)c1. The summed E-state index contributed by atoms with van der Waals surface area (Å²) < 4.78 is 31.7. The Hall–Kier alpha value is -1.69. The van der Waals surface area contributed by atoms with Gasteiger partial charge in [0.2, 0.25) is 0 Å². The van der Waals surface area contributed by atoms with Crippen LogP contribution in [0.5, 0.6) is 11.6 Å². The molecule has 0 amide bonds. The fourth-order valence-corrected chi connectivity index (χ4v) is 1.72. The van der Waals surface area contributed by atoms with Gasteiger partial charge in [0.15, 0.2) is 5.82 Å². The summed E-state index contributed by atoms with van der Waals surface area (Å²) in [5, 5.41) is 0. The lowest BCUT2D eigenvalue weighted by Crippen LogP contribution is -1.94. The molecule has 3 nitrogen and oxygen atoms in total. The van der Waals surface area contributed by atoms with E-state index < -0.39 is 11.6 Å². The number of hydrogen-bond acceptors (Lipinski definition) is 3. The molecule has 1 heterocycles. The summed E-state index contributed by atoms with van der Waals surface area (Å²) >= 11 is 3.22. The van der Waals surface area contributed by atoms with Crippen molar-refractivity contribution in [1.82, 2.24) is 4.98 Å². The van der Waals surface area contributed by atoms with E-state index in [1.54, 1.807) is 12.1 Å². The largest absolute Gasteiger partial charge is 0.436 e. The van der Waals surface area contributed by atoms with Crippen LogP contribution in [0, 0.1) is 11.6 Å². The van der Waals surface area contributed by atoms with Crippen molar-refractivity contribution in [3.63, 3.8) is 0 Å². The molecule has 0 aliphatic heterocycles. The van der Waals surface area contributed by atoms with Gasteiger partial charge in [-0.1, -0.05) is 15.9 Å². The monoisotopic (exact) mass is 300 g/mol. The van der Waals surface area contributed by atoms with E-state index in [1.807, 2.05) is 0 Å². The molecule has 0 saturated heterocycles. The number of anilines is 1. The number of nitrogens with two attached hydrogens (primary N) is 1. The molecule has 0 saturated carbocycles. The van der Waals surface area contributed by atoms with Gasteiger partial charge < -0.3 is 10.5 Å². The van der Waals surface area contributed by atoms with Crippen LogP contribution in [-0.2, 0) is 0 Å². The van der Waals surface area contributed by atoms with Gasteiger partial charge in [-0.3, -0.25) is 0 Å². The molecule has 2 N–H and O–H groups in total. The van der Waals surface area contributed by atoms with Crippen LogP contribution in [-0.4, -0.2) is 4.98 Å². The van der Waals surface area contributed by atoms with Crippen molar-refractivity contribution in [2.45, 2.75) is 0 Å². The first kappa shape index (κ1) is 11.8. The molecule has 0 unspecified atom stereocenters. The van der Waals surface area contributed by atoms with E-state index in [2.05, 4.69) is 20.9 Å². The Bertz CT molecular complexity index is 543. The van der Waals surface area contributed by atoms with Gasteiger partial charge in [-0.2, -0.15) is 0 Å². The number of hydrogen-bond donors (Lipinski definition) is 1. The summed E-state index contributed by atoms with van der Waals surface area (Å²) in [5.41, 5.74) is 6.05. The molecular weight excluding hydrogens is 294 g/mol. The lowest BCUT2D eigenvalue weighted by molar-refractivity contribution is 0.416. The second kappa shape index (κ2) is 4.67. The van der Waals surface area contributed by atoms with E-state index in [-0.39, 0.29) is 5.88 Å². The Labute approximate surface area is 104 Å². The van der Waals surface area contributed by atoms with Crippen LogP contribution in [0.3, 0.4) is 0 Å². The fraction of sp³-hybridized carbons (Fsp3) is 0. The molecule has 0 bridgehead atoms. The van der Waals surface area contributed by atoms with Crippen LogP contribution >= 0.6 is 15.9 Å². The molecule has 0 spiro atoms. The van der Waals surface area contributed by atoms with Crippen molar-refractivity contribution in [2.75, 3.05) is 5.73 Å². The highest BCUT2D eigenvalue weighted by Gasteiger charge is 2.08. The molecule has 6 heteroatoms. The van der Waals surface area contributed by atoms with Crippen molar-refractivity contribution in [1.29, 1.82) is 0 Å². The number of rotatable bonds is 2. The Morgan fingerprint density at radius 2 is 1.94 bits per heavy atom. The molecular formula is C11H7BrF2N2O. The van der Waals surface area contributed by atoms with E-state index in [4.69, 9.17) is 10.5 Å². The third-order valence-corrected chi connectivity index (χ3v) is 2.34. The number of halogens is 3. The molecule has 0 fully saturated rings. The molecule has 0 aliphatic rings. The number of ether oxygens (including phenoxy) is 1. The number of nitrogens with zero attached hydrogens (tertiary/aromatic N) is 1. The number of nitrogen functional groups attached to an aromatic ring is 1. The Morgan fingerprint density at radius 3 is 2.59 bits per heavy atom. The Kier molecular flexibility index (Phi) is 3.23. The number of pyridine rings is 1. The fourth-order valence-electron chi connectivity index (χ4n) is 1.23. The smallest absolute Gasteiger partial charge is 0.256 e. The summed E-state index contributed by atoms with van der Waals surface area (Å²) in [6.45, 7) is 0. The predicted molar refractivity (Wildman–Crippen MR) is 62.8 cm³/mol. The molecule has 0 radical (unpaired) electrons. The Balaban J connectivity index is 2.31. The molecule has 0 aliphatic carbocycles. The van der Waals surface area contributed by atoms with Crippen LogP contribution in [0.15, 0.2) is 34.9 Å². The second-order valence-electron chi connectivity index (χ2n) is 3.26. The normalized spacial score (nSPS) is 10.3. The maximum Gasteiger partial charge on any atom is 0.256 e. The lowest BCUT2D eigenvalue weighted by atomic mass is 10.3. The molecule has 0 atom stereocenters. The van der Waals surface area contributed by atoms with Gasteiger partial charge in [-0.25, -0.2) is 13.8 Å². The first-order chi connectivity index (χ1) is 8.04. The van der Waals surface area contributed by atoms with Gasteiger partial charge in [0.25, 0.3) is 5.88 Å². The van der Waals surface area contributed by atoms with E-state index in [0.29, 0.717) is 22.0 Å². The van der Waals surface area contributed by atoms with Crippen molar-refractivity contribution < 1.29 is 13.5 Å². The third-order valence-electron chi connectivity index (χ3n) is 1.88. The van der Waals surface area contributed by atoms with Gasteiger partial charge in [0.1, 0.15) is 11.6 Å². The minimum absolute atomic E-state index is 0.302. The van der Waals surface area contributed by atoms with Crippen molar-refractivity contribution in [2.24, 2.45) is 0 Å². The minimum atomic E-state index is -0.872. The maximum atomic E-state index is 13.3. The van der Waals surface area contributed by atoms with Gasteiger partial charge in [0, 0.05) is 22.3 Å². The minimum Gasteiger partial charge on any atom is -0.436 e. The highest BCUT2D eigenvalue weighted by Crippen LogP contribution is 2.27. The average molecular weight is 301 g/mol. The zero-order valence-electron chi connectivity index (χ0n) is 8.45. The van der Waals surface area contributed by atoms with Gasteiger partial charge in [0.05, 0.1) is 6.20 Å². The topological polar surface area (TPSA) is 48.1 Å². The maximum absolute atomic E-state index is 13.3. The molecule has 88 valence electrons. The highest BCUT2D eigenvalue weighted by atomic mass is 79.9. The third kappa shape index (κ3) is 2.91. The summed E-state index contributed by atoms with van der Waals surface area (Å²) in [6, 6.07) is 5.47. The second-order valence-corrected chi connectivity index (χ2v) is 4.18. The van der Waals surface area contributed by atoms with Crippen LogP contribution in [0.4, 0.5) is 14.5 Å². The van der Waals surface area contributed by atoms with Crippen molar-refractivity contribution >= 4 is 21.6 Å². The van der Waals surface area contributed by atoms with E-state index >= 15 is 0 Å². The van der Waals surface area contributed by atoms with E-state index in [9.17, 15) is 8.78 Å². The molecule has 1 aromatic heterocycles. The van der Waals surface area contributed by atoms with Crippen molar-refractivity contribution in [3.05, 3.63) is 46.6 Å². The van der Waals surface area contributed by atoms with E-state index in [1.165, 1.54) is 6.07 Å². The quantitative estimate of drug-likeness (QED) is 0.864. The molecule has 2 rings (SSSR count). The van der Waals surface area contributed by atoms with Gasteiger partial charge in [-0.05, 0) is 12.1 Å². The standard InChI is InChI=1S/C11H7BrF2N2O/c12-6-1-8(15)4-9(2-6)17-11-10(14)3-7(13)5-16-11/h1-5H,15H2. The molecule has 17 heavy (non-hydrogen) atoms. The summed E-state index contributed by atoms with van der Waals surface area (Å²) in [7, 11) is 0. The van der Waals surface area contributed by atoms with Gasteiger partial charge in [-0.15, -0.1) is 0 Å². The van der Waals surface area contributed by atoms with E-state index in [0.717, 1.165) is 6.20 Å². The highest BCUT2D eigenvalue weighted by molar-refractivity contribution is 9.10. The number of benzene rings is 1. The Morgan fingerprint density at radius 1 is 1.18 bits per heavy atom. The first-order valence-corrected chi connectivity index (χ1v) is 5.39. The summed E-state index contributed by atoms with van der Waals surface area (Å²) in [4.78, 5) is 3.50. The van der Waals surface area contributed by atoms with Crippen LogP contribution in [0.1, 0.15) is 0 Å². The lowest BCUT2D eigenvalue weighted by Gasteiger charge is -2.06. The van der Waals surface area contributed by atoms with Crippen LogP contribution in [0.2, 0.25) is 0 Å². The molecule has 1 aromatic carbocycles. The van der Waals surface area contributed by atoms with Gasteiger partial charge >= 0.3 is 0 Å². The van der Waals surface area contributed by atoms with Crippen molar-refractivity contribution in [3.8, 4) is 11.6 Å². The number of aromatic nitrogens is 1. The summed E-state index contributed by atoms with van der Waals surface area (Å²) in [6.07, 6.45) is 0.875. The first-order valence-electron chi connectivity index (χ1n) is 4.59. The molecule has 2 aromatic rings. The zero-order valence-corrected chi connectivity index (χ0v) is 10.0.